The van der Waals surface area contributed by atoms with Gasteiger partial charge in [-0.15, -0.1) is 11.3 Å². The number of rotatable bonds is 4. The van der Waals surface area contributed by atoms with Gasteiger partial charge in [0.05, 0.1) is 21.8 Å². The van der Waals surface area contributed by atoms with Crippen molar-refractivity contribution in [2.45, 2.75) is 24.9 Å². The van der Waals surface area contributed by atoms with E-state index in [9.17, 15) is 9.59 Å². The molecular formula is C20H22Cl2N4O3S. The number of hydrogen-bond acceptors (Lipinski definition) is 5. The third-order valence-electron chi connectivity index (χ3n) is 4.78. The number of nitrogens with two attached hydrogens (primary N) is 1. The summed E-state index contributed by atoms with van der Waals surface area (Å²) in [5.41, 5.74) is 8.95. The minimum atomic E-state index is -0.778. The van der Waals surface area contributed by atoms with Crippen molar-refractivity contribution in [3.63, 3.8) is 0 Å². The monoisotopic (exact) mass is 468 g/mol. The van der Waals surface area contributed by atoms with Gasteiger partial charge in [-0.25, -0.2) is 0 Å². The van der Waals surface area contributed by atoms with Crippen LogP contribution in [0.5, 0.6) is 0 Å². The number of aliphatic hydroxyl groups is 1. The van der Waals surface area contributed by atoms with Crippen molar-refractivity contribution in [1.82, 2.24) is 15.6 Å². The van der Waals surface area contributed by atoms with Crippen LogP contribution in [-0.4, -0.2) is 47.6 Å². The van der Waals surface area contributed by atoms with Crippen molar-refractivity contribution in [3.8, 4) is 0 Å². The number of carbonyl (C=O) groups excluding carboxylic acids is 2. The molecule has 0 saturated carbocycles. The number of benzene rings is 1. The second kappa shape index (κ2) is 9.80. The Bertz CT molecular complexity index is 1040. The summed E-state index contributed by atoms with van der Waals surface area (Å²) in [5, 5.41) is 14.1. The maximum Gasteiger partial charge on any atom is 0.267 e. The minimum absolute atomic E-state index is 0.103. The number of halogens is 2. The largest absolute Gasteiger partial charge is 0.394 e. The van der Waals surface area contributed by atoms with Gasteiger partial charge in [-0.05, 0) is 30.0 Å². The van der Waals surface area contributed by atoms with E-state index in [0.717, 1.165) is 23.1 Å². The van der Waals surface area contributed by atoms with Crippen molar-refractivity contribution in [3.05, 3.63) is 56.5 Å². The van der Waals surface area contributed by atoms with Gasteiger partial charge in [0.1, 0.15) is 16.1 Å². The number of amides is 2. The number of aromatic nitrogens is 1. The van der Waals surface area contributed by atoms with Crippen LogP contribution in [0.1, 0.15) is 21.6 Å². The fourth-order valence-corrected chi connectivity index (χ4v) is 4.71. The SMILES string of the molecule is CNC(=O)C(N)CO.O=C(NC1Cc2ccccc2C1)c1cc2sc(Cl)c(Cl)c2[nH]1. The summed E-state index contributed by atoms with van der Waals surface area (Å²) in [6.45, 7) is -0.306. The Morgan fingerprint density at radius 3 is 2.43 bits per heavy atom. The van der Waals surface area contributed by atoms with Crippen LogP contribution in [0.25, 0.3) is 10.2 Å². The normalized spacial score (nSPS) is 14.0. The highest BCUT2D eigenvalue weighted by Gasteiger charge is 2.24. The summed E-state index contributed by atoms with van der Waals surface area (Å²) < 4.78 is 1.44. The lowest BCUT2D eigenvalue weighted by molar-refractivity contribution is -0.122. The number of thiophene rings is 1. The molecule has 0 bridgehead atoms. The van der Waals surface area contributed by atoms with E-state index in [0.29, 0.717) is 15.1 Å². The van der Waals surface area contributed by atoms with Crippen molar-refractivity contribution in [1.29, 1.82) is 0 Å². The first-order chi connectivity index (χ1) is 14.3. The molecule has 1 atom stereocenters. The third kappa shape index (κ3) is 4.96. The molecule has 30 heavy (non-hydrogen) atoms. The molecule has 1 unspecified atom stereocenters. The Balaban J connectivity index is 0.000000275. The van der Waals surface area contributed by atoms with Crippen LogP contribution in [0.2, 0.25) is 9.36 Å². The molecule has 0 radical (unpaired) electrons. The van der Waals surface area contributed by atoms with Crippen LogP contribution in [-0.2, 0) is 17.6 Å². The first-order valence-electron chi connectivity index (χ1n) is 9.26. The average molecular weight is 469 g/mol. The number of aliphatic hydroxyl groups excluding tert-OH is 1. The molecule has 10 heteroatoms. The van der Waals surface area contributed by atoms with E-state index in [1.165, 1.54) is 29.5 Å². The summed E-state index contributed by atoms with van der Waals surface area (Å²) in [5.74, 6) is -0.444. The highest BCUT2D eigenvalue weighted by atomic mass is 35.5. The first-order valence-corrected chi connectivity index (χ1v) is 10.8. The minimum Gasteiger partial charge on any atom is -0.394 e. The van der Waals surface area contributed by atoms with Gasteiger partial charge in [0, 0.05) is 13.1 Å². The molecule has 4 rings (SSSR count). The molecule has 7 nitrogen and oxygen atoms in total. The van der Waals surface area contributed by atoms with E-state index < -0.39 is 6.04 Å². The molecule has 1 aliphatic rings. The topological polar surface area (TPSA) is 120 Å². The molecule has 1 aromatic carbocycles. The zero-order valence-corrected chi connectivity index (χ0v) is 18.5. The Morgan fingerprint density at radius 2 is 1.93 bits per heavy atom. The van der Waals surface area contributed by atoms with E-state index in [4.69, 9.17) is 34.0 Å². The van der Waals surface area contributed by atoms with Crippen LogP contribution in [0, 0.1) is 0 Å². The number of likely N-dealkylation sites (N-methyl/N-ethyl adjacent to an activating group) is 1. The Kier molecular flexibility index (Phi) is 7.38. The van der Waals surface area contributed by atoms with Gasteiger partial charge in [0.25, 0.3) is 5.91 Å². The molecule has 3 aromatic rings. The average Bonchev–Trinajstić information content (AvgIpc) is 3.41. The van der Waals surface area contributed by atoms with Crippen molar-refractivity contribution in [2.75, 3.05) is 13.7 Å². The maximum atomic E-state index is 12.4. The molecule has 2 amide bonds. The molecule has 2 aromatic heterocycles. The fraction of sp³-hybridized carbons (Fsp3) is 0.300. The van der Waals surface area contributed by atoms with E-state index >= 15 is 0 Å². The second-order valence-corrected chi connectivity index (χ2v) is 8.89. The van der Waals surface area contributed by atoms with Gasteiger partial charge in [0.2, 0.25) is 5.91 Å². The Hall–Kier alpha value is -2.10. The second-order valence-electron chi connectivity index (χ2n) is 6.86. The van der Waals surface area contributed by atoms with Crippen molar-refractivity contribution >= 4 is 56.6 Å². The smallest absolute Gasteiger partial charge is 0.267 e. The van der Waals surface area contributed by atoms with Gasteiger partial charge < -0.3 is 26.5 Å². The van der Waals surface area contributed by atoms with Crippen LogP contribution < -0.4 is 16.4 Å². The van der Waals surface area contributed by atoms with Crippen LogP contribution >= 0.6 is 34.5 Å². The van der Waals surface area contributed by atoms with Gasteiger partial charge in [-0.3, -0.25) is 9.59 Å². The lowest BCUT2D eigenvalue weighted by atomic mass is 10.1. The van der Waals surface area contributed by atoms with Gasteiger partial charge in [-0.1, -0.05) is 47.5 Å². The van der Waals surface area contributed by atoms with Gasteiger partial charge in [-0.2, -0.15) is 0 Å². The number of aromatic amines is 1. The quantitative estimate of drug-likeness (QED) is 0.403. The number of H-pyrrole nitrogens is 1. The van der Waals surface area contributed by atoms with Crippen LogP contribution in [0.15, 0.2) is 30.3 Å². The third-order valence-corrected chi connectivity index (χ3v) is 6.72. The molecule has 0 spiro atoms. The van der Waals surface area contributed by atoms with E-state index in [-0.39, 0.29) is 24.5 Å². The molecule has 0 saturated heterocycles. The standard InChI is InChI=1S/C16H12Cl2N2OS.C4H10N2O2/c17-13-14-12(22-15(13)18)7-11(20-14)16(21)19-10-5-8-3-1-2-4-9(8)6-10;1-6-4(8)3(5)2-7/h1-4,7,10,20H,5-6H2,(H,19,21);3,7H,2,5H2,1H3,(H,6,8). The molecule has 2 heterocycles. The summed E-state index contributed by atoms with van der Waals surface area (Å²) in [4.78, 5) is 25.8. The summed E-state index contributed by atoms with van der Waals surface area (Å²) in [6.07, 6.45) is 1.76. The van der Waals surface area contributed by atoms with Crippen LogP contribution in [0.3, 0.4) is 0 Å². The van der Waals surface area contributed by atoms with E-state index in [2.05, 4.69) is 27.8 Å². The Labute approximate surface area is 187 Å². The lowest BCUT2D eigenvalue weighted by Gasteiger charge is -2.10. The fourth-order valence-electron chi connectivity index (χ4n) is 3.23. The van der Waals surface area contributed by atoms with Gasteiger partial charge >= 0.3 is 0 Å². The summed E-state index contributed by atoms with van der Waals surface area (Å²) in [7, 11) is 1.47. The molecule has 6 N–H and O–H groups in total. The van der Waals surface area contributed by atoms with E-state index in [1.807, 2.05) is 12.1 Å². The number of nitrogens with one attached hydrogen (secondary N) is 3. The highest BCUT2D eigenvalue weighted by molar-refractivity contribution is 7.23. The van der Waals surface area contributed by atoms with E-state index in [1.54, 1.807) is 6.07 Å². The summed E-state index contributed by atoms with van der Waals surface area (Å²) >= 11 is 13.5. The lowest BCUT2D eigenvalue weighted by Crippen LogP contribution is -2.41. The van der Waals surface area contributed by atoms with Crippen molar-refractivity contribution < 1.29 is 14.7 Å². The van der Waals surface area contributed by atoms with Gasteiger partial charge in [0.15, 0.2) is 0 Å². The zero-order valence-electron chi connectivity index (χ0n) is 16.2. The highest BCUT2D eigenvalue weighted by Crippen LogP contribution is 2.38. The summed E-state index contributed by atoms with van der Waals surface area (Å²) in [6, 6.07) is 9.48. The number of hydrogen-bond donors (Lipinski definition) is 5. The molecule has 0 aliphatic heterocycles. The maximum absolute atomic E-state index is 12.4. The van der Waals surface area contributed by atoms with Crippen LogP contribution in [0.4, 0.5) is 0 Å². The Morgan fingerprint density at radius 1 is 1.30 bits per heavy atom. The molecule has 160 valence electrons. The first kappa shape index (κ1) is 22.6. The molecule has 1 aliphatic carbocycles. The predicted molar refractivity (Wildman–Crippen MR) is 120 cm³/mol. The molecule has 0 fully saturated rings. The number of carbonyl (C=O) groups is 2. The molecular weight excluding hydrogens is 447 g/mol. The zero-order chi connectivity index (χ0) is 21.8. The predicted octanol–water partition coefficient (Wildman–Crippen LogP) is 2.49. The number of fused-ring (bicyclic) bond motifs is 2. The van der Waals surface area contributed by atoms with Crippen molar-refractivity contribution in [2.24, 2.45) is 5.73 Å².